The molecule has 0 atom stereocenters. The molecule has 7 nitrogen and oxygen atoms in total. The fraction of sp³-hybridized carbons (Fsp3) is 0.0909. The fourth-order valence-electron chi connectivity index (χ4n) is 2.87. The number of pyridine rings is 1. The second-order valence-corrected chi connectivity index (χ2v) is 7.34. The van der Waals surface area contributed by atoms with Crippen molar-refractivity contribution in [1.29, 1.82) is 0 Å². The second-order valence-electron chi connectivity index (χ2n) is 6.40. The number of nitrogens with one attached hydrogen (secondary N) is 1. The van der Waals surface area contributed by atoms with Crippen molar-refractivity contribution in [3.8, 4) is 23.0 Å². The van der Waals surface area contributed by atoms with Crippen LogP contribution in [0.4, 0.5) is 10.1 Å². The minimum atomic E-state index is -0.360. The number of aromatic nitrogens is 4. The summed E-state index contributed by atoms with van der Waals surface area (Å²) < 4.78 is 20.2. The number of ether oxygens (including phenoxy) is 1. The van der Waals surface area contributed by atoms with Crippen LogP contribution in [-0.2, 0) is 4.79 Å². The zero-order chi connectivity index (χ0) is 21.6. The van der Waals surface area contributed by atoms with E-state index in [0.717, 1.165) is 5.69 Å². The van der Waals surface area contributed by atoms with Gasteiger partial charge in [0.2, 0.25) is 5.91 Å². The van der Waals surface area contributed by atoms with Crippen molar-refractivity contribution in [3.05, 3.63) is 78.7 Å². The Balaban J connectivity index is 1.60. The third-order valence-electron chi connectivity index (χ3n) is 4.30. The number of carbonyl (C=O) groups excluding carboxylic acids is 1. The highest BCUT2D eigenvalue weighted by atomic mass is 32.2. The molecular formula is C22H18FN5O2S. The summed E-state index contributed by atoms with van der Waals surface area (Å²) in [6.45, 7) is 0. The van der Waals surface area contributed by atoms with Crippen LogP contribution in [0.2, 0.25) is 0 Å². The minimum absolute atomic E-state index is 0.0989. The first-order chi connectivity index (χ1) is 15.1. The second kappa shape index (κ2) is 9.40. The fourth-order valence-corrected chi connectivity index (χ4v) is 3.62. The van der Waals surface area contributed by atoms with Crippen molar-refractivity contribution in [1.82, 2.24) is 19.7 Å². The summed E-state index contributed by atoms with van der Waals surface area (Å²) >= 11 is 1.24. The highest BCUT2D eigenvalue weighted by Gasteiger charge is 2.18. The van der Waals surface area contributed by atoms with Gasteiger partial charge in [0.25, 0.3) is 0 Å². The Hall–Kier alpha value is -3.72. The monoisotopic (exact) mass is 435 g/mol. The molecule has 0 aliphatic carbocycles. The molecule has 4 rings (SSSR count). The quantitative estimate of drug-likeness (QED) is 0.438. The van der Waals surface area contributed by atoms with Crippen molar-refractivity contribution in [3.63, 3.8) is 0 Å². The lowest BCUT2D eigenvalue weighted by Crippen LogP contribution is -2.14. The molecule has 0 aliphatic heterocycles. The van der Waals surface area contributed by atoms with E-state index in [9.17, 15) is 9.18 Å². The molecule has 2 aromatic heterocycles. The Labute approximate surface area is 182 Å². The van der Waals surface area contributed by atoms with Gasteiger partial charge in [-0.05, 0) is 48.5 Å². The number of benzene rings is 2. The first-order valence-corrected chi connectivity index (χ1v) is 10.3. The zero-order valence-corrected chi connectivity index (χ0v) is 17.3. The molecule has 0 saturated heterocycles. The molecule has 2 aromatic carbocycles. The summed E-state index contributed by atoms with van der Waals surface area (Å²) in [6, 6.07) is 18.6. The standard InChI is InChI=1S/C22H18FN5O2S/c1-30-18-6-4-5-17(13-18)28-21(19-7-2-3-12-24-19)26-27-22(28)31-14-20(29)25-16-10-8-15(23)9-11-16/h2-13H,14H2,1H3,(H,25,29). The predicted octanol–water partition coefficient (Wildman–Crippen LogP) is 4.21. The van der Waals surface area contributed by atoms with Gasteiger partial charge in [0.15, 0.2) is 11.0 Å². The normalized spacial score (nSPS) is 10.6. The molecule has 1 N–H and O–H groups in total. The highest BCUT2D eigenvalue weighted by molar-refractivity contribution is 7.99. The third-order valence-corrected chi connectivity index (χ3v) is 5.23. The van der Waals surface area contributed by atoms with Crippen molar-refractivity contribution in [2.75, 3.05) is 18.2 Å². The molecule has 156 valence electrons. The molecule has 0 fully saturated rings. The van der Waals surface area contributed by atoms with Gasteiger partial charge in [-0.25, -0.2) is 4.39 Å². The van der Waals surface area contributed by atoms with E-state index in [2.05, 4.69) is 20.5 Å². The number of carbonyl (C=O) groups is 1. The van der Waals surface area contributed by atoms with Crippen LogP contribution in [0.3, 0.4) is 0 Å². The van der Waals surface area contributed by atoms with Crippen LogP contribution in [0.25, 0.3) is 17.2 Å². The highest BCUT2D eigenvalue weighted by Crippen LogP contribution is 2.28. The average Bonchev–Trinajstić information content (AvgIpc) is 3.24. The zero-order valence-electron chi connectivity index (χ0n) is 16.5. The predicted molar refractivity (Wildman–Crippen MR) is 117 cm³/mol. The maximum Gasteiger partial charge on any atom is 0.234 e. The maximum atomic E-state index is 13.0. The largest absolute Gasteiger partial charge is 0.497 e. The lowest BCUT2D eigenvalue weighted by atomic mass is 10.2. The van der Waals surface area contributed by atoms with E-state index >= 15 is 0 Å². The van der Waals surface area contributed by atoms with Crippen LogP contribution < -0.4 is 10.1 Å². The number of anilines is 1. The molecule has 1 amide bonds. The van der Waals surface area contributed by atoms with E-state index in [0.29, 0.717) is 28.1 Å². The number of rotatable bonds is 7. The van der Waals surface area contributed by atoms with Crippen LogP contribution in [0, 0.1) is 5.82 Å². The van der Waals surface area contributed by atoms with E-state index < -0.39 is 0 Å². The Morgan fingerprint density at radius 3 is 2.68 bits per heavy atom. The van der Waals surface area contributed by atoms with E-state index in [1.807, 2.05) is 47.0 Å². The van der Waals surface area contributed by atoms with Gasteiger partial charge >= 0.3 is 0 Å². The van der Waals surface area contributed by atoms with Gasteiger partial charge in [-0.1, -0.05) is 23.9 Å². The minimum Gasteiger partial charge on any atom is -0.497 e. The molecule has 0 radical (unpaired) electrons. The Morgan fingerprint density at radius 2 is 1.94 bits per heavy atom. The molecule has 0 spiro atoms. The van der Waals surface area contributed by atoms with Gasteiger partial charge in [0.05, 0.1) is 18.6 Å². The molecule has 31 heavy (non-hydrogen) atoms. The third kappa shape index (κ3) is 4.89. The van der Waals surface area contributed by atoms with Gasteiger partial charge < -0.3 is 10.1 Å². The number of nitrogens with zero attached hydrogens (tertiary/aromatic N) is 4. The number of thioether (sulfide) groups is 1. The molecule has 9 heteroatoms. The Kier molecular flexibility index (Phi) is 6.23. The van der Waals surface area contributed by atoms with Gasteiger partial charge in [0, 0.05) is 18.0 Å². The number of halogens is 1. The lowest BCUT2D eigenvalue weighted by molar-refractivity contribution is -0.113. The summed E-state index contributed by atoms with van der Waals surface area (Å²) in [5, 5.41) is 11.9. The number of hydrogen-bond donors (Lipinski definition) is 1. The Morgan fingerprint density at radius 1 is 1.10 bits per heavy atom. The summed E-state index contributed by atoms with van der Waals surface area (Å²) in [4.78, 5) is 16.8. The number of amides is 1. The van der Waals surface area contributed by atoms with Gasteiger partial charge in [-0.2, -0.15) is 0 Å². The first kappa shape index (κ1) is 20.5. The molecule has 4 aromatic rings. The molecule has 0 aliphatic rings. The van der Waals surface area contributed by atoms with E-state index in [1.54, 1.807) is 13.3 Å². The SMILES string of the molecule is COc1cccc(-n2c(SCC(=O)Nc3ccc(F)cc3)nnc2-c2ccccn2)c1. The first-order valence-electron chi connectivity index (χ1n) is 9.33. The number of methoxy groups -OCH3 is 1. The van der Waals surface area contributed by atoms with Crippen molar-refractivity contribution >= 4 is 23.4 Å². The Bertz CT molecular complexity index is 1180. The van der Waals surface area contributed by atoms with Gasteiger partial charge in [0.1, 0.15) is 17.3 Å². The van der Waals surface area contributed by atoms with Crippen LogP contribution in [0.15, 0.2) is 78.1 Å². The molecule has 0 saturated carbocycles. The molecule has 0 bridgehead atoms. The topological polar surface area (TPSA) is 81.9 Å². The van der Waals surface area contributed by atoms with Crippen molar-refractivity contribution in [2.24, 2.45) is 0 Å². The summed E-state index contributed by atoms with van der Waals surface area (Å²) in [6.07, 6.45) is 1.68. The summed E-state index contributed by atoms with van der Waals surface area (Å²) in [5.41, 5.74) is 1.96. The van der Waals surface area contributed by atoms with Gasteiger partial charge in [-0.15, -0.1) is 10.2 Å². The van der Waals surface area contributed by atoms with Crippen LogP contribution in [-0.4, -0.2) is 38.5 Å². The smallest absolute Gasteiger partial charge is 0.234 e. The van der Waals surface area contributed by atoms with Crippen molar-refractivity contribution < 1.29 is 13.9 Å². The summed E-state index contributed by atoms with van der Waals surface area (Å²) in [7, 11) is 1.60. The summed E-state index contributed by atoms with van der Waals surface area (Å²) in [5.74, 6) is 0.734. The number of hydrogen-bond acceptors (Lipinski definition) is 6. The maximum absolute atomic E-state index is 13.0. The molecule has 0 unspecified atom stereocenters. The van der Waals surface area contributed by atoms with Crippen molar-refractivity contribution in [2.45, 2.75) is 5.16 Å². The van der Waals surface area contributed by atoms with E-state index in [1.165, 1.54) is 36.0 Å². The van der Waals surface area contributed by atoms with Gasteiger partial charge in [-0.3, -0.25) is 14.3 Å². The molecule has 2 heterocycles. The molecular weight excluding hydrogens is 417 g/mol. The van der Waals surface area contributed by atoms with Crippen LogP contribution >= 0.6 is 11.8 Å². The average molecular weight is 435 g/mol. The van der Waals surface area contributed by atoms with Crippen LogP contribution in [0.5, 0.6) is 5.75 Å². The van der Waals surface area contributed by atoms with E-state index in [4.69, 9.17) is 4.74 Å². The van der Waals surface area contributed by atoms with Crippen LogP contribution in [0.1, 0.15) is 0 Å². The lowest BCUT2D eigenvalue weighted by Gasteiger charge is -2.11. The van der Waals surface area contributed by atoms with E-state index in [-0.39, 0.29) is 17.5 Å².